The molecule has 90 valence electrons. The number of aryl methyl sites for hydroxylation is 1. The summed E-state index contributed by atoms with van der Waals surface area (Å²) >= 11 is 4.87. The van der Waals surface area contributed by atoms with Crippen LogP contribution in [-0.4, -0.2) is 24.7 Å². The Bertz CT molecular complexity index is 525. The van der Waals surface area contributed by atoms with Crippen LogP contribution >= 0.6 is 27.7 Å². The highest BCUT2D eigenvalue weighted by Gasteiger charge is 2.10. The standard InChI is InChI=1S/C10H12BrN5S/c1-6(2)9-13-7(11)4-8(14-9)17-10-15-12-5-16(10)3/h4-6H,1-3H3. The van der Waals surface area contributed by atoms with E-state index in [1.54, 1.807) is 6.33 Å². The van der Waals surface area contributed by atoms with Gasteiger partial charge in [0, 0.05) is 19.0 Å². The van der Waals surface area contributed by atoms with E-state index in [1.165, 1.54) is 11.8 Å². The van der Waals surface area contributed by atoms with Crippen molar-refractivity contribution in [1.82, 2.24) is 24.7 Å². The largest absolute Gasteiger partial charge is 0.311 e. The molecule has 0 fully saturated rings. The lowest BCUT2D eigenvalue weighted by atomic mass is 10.2. The van der Waals surface area contributed by atoms with Gasteiger partial charge >= 0.3 is 0 Å². The number of hydrogen-bond donors (Lipinski definition) is 0. The van der Waals surface area contributed by atoms with Gasteiger partial charge < -0.3 is 4.57 Å². The molecule has 0 N–H and O–H groups in total. The summed E-state index contributed by atoms with van der Waals surface area (Å²) in [5.41, 5.74) is 0. The maximum Gasteiger partial charge on any atom is 0.197 e. The molecular formula is C10H12BrN5S. The second kappa shape index (κ2) is 5.14. The third kappa shape index (κ3) is 3.04. The molecule has 0 atom stereocenters. The Kier molecular flexibility index (Phi) is 3.78. The minimum absolute atomic E-state index is 0.298. The fourth-order valence-electron chi connectivity index (χ4n) is 1.18. The maximum absolute atomic E-state index is 4.49. The van der Waals surface area contributed by atoms with Gasteiger partial charge in [-0.15, -0.1) is 10.2 Å². The first-order valence-corrected chi connectivity index (χ1v) is 6.73. The highest BCUT2D eigenvalue weighted by atomic mass is 79.9. The normalized spacial score (nSPS) is 11.1. The summed E-state index contributed by atoms with van der Waals surface area (Å²) < 4.78 is 2.65. The molecule has 0 aliphatic carbocycles. The van der Waals surface area contributed by atoms with Crippen LogP contribution in [-0.2, 0) is 7.05 Å². The lowest BCUT2D eigenvalue weighted by Crippen LogP contribution is -1.99. The molecule has 17 heavy (non-hydrogen) atoms. The van der Waals surface area contributed by atoms with Crippen molar-refractivity contribution in [2.45, 2.75) is 29.9 Å². The van der Waals surface area contributed by atoms with Gasteiger partial charge in [0.2, 0.25) is 0 Å². The van der Waals surface area contributed by atoms with Gasteiger partial charge in [-0.25, -0.2) is 9.97 Å². The van der Waals surface area contributed by atoms with Gasteiger partial charge in [0.05, 0.1) is 0 Å². The average Bonchev–Trinajstić information content (AvgIpc) is 2.63. The van der Waals surface area contributed by atoms with Crippen molar-refractivity contribution in [3.05, 3.63) is 22.8 Å². The van der Waals surface area contributed by atoms with E-state index in [4.69, 9.17) is 0 Å². The van der Waals surface area contributed by atoms with E-state index < -0.39 is 0 Å². The van der Waals surface area contributed by atoms with Crippen LogP contribution in [0.2, 0.25) is 0 Å². The van der Waals surface area contributed by atoms with Crippen LogP contribution in [0.1, 0.15) is 25.6 Å². The van der Waals surface area contributed by atoms with Crippen LogP contribution in [0.15, 0.2) is 27.2 Å². The molecule has 0 saturated carbocycles. The highest BCUT2D eigenvalue weighted by Crippen LogP contribution is 2.26. The molecule has 2 aromatic rings. The number of nitrogens with zero attached hydrogens (tertiary/aromatic N) is 5. The van der Waals surface area contributed by atoms with Gasteiger partial charge in [-0.3, -0.25) is 0 Å². The summed E-state index contributed by atoms with van der Waals surface area (Å²) in [5.74, 6) is 1.12. The third-order valence-corrected chi connectivity index (χ3v) is 3.45. The Morgan fingerprint density at radius 1 is 1.35 bits per heavy atom. The fraction of sp³-hybridized carbons (Fsp3) is 0.400. The Morgan fingerprint density at radius 3 is 2.71 bits per heavy atom. The van der Waals surface area contributed by atoms with Crippen LogP contribution in [0.3, 0.4) is 0 Å². The lowest BCUT2D eigenvalue weighted by molar-refractivity contribution is 0.743. The van der Waals surface area contributed by atoms with Gasteiger partial charge in [0.25, 0.3) is 0 Å². The Labute approximate surface area is 112 Å². The Morgan fingerprint density at radius 2 is 2.12 bits per heavy atom. The van der Waals surface area contributed by atoms with E-state index in [-0.39, 0.29) is 0 Å². The molecule has 2 heterocycles. The maximum atomic E-state index is 4.49. The summed E-state index contributed by atoms with van der Waals surface area (Å²) in [6, 6.07) is 1.88. The molecule has 0 spiro atoms. The van der Waals surface area contributed by atoms with E-state index in [0.717, 1.165) is 20.6 Å². The minimum Gasteiger partial charge on any atom is -0.311 e. The van der Waals surface area contributed by atoms with Gasteiger partial charge in [0.15, 0.2) is 5.16 Å². The van der Waals surface area contributed by atoms with Crippen molar-refractivity contribution in [2.75, 3.05) is 0 Å². The molecule has 0 unspecified atom stereocenters. The SMILES string of the molecule is CC(C)c1nc(Br)cc(Sc2nncn2C)n1. The zero-order chi connectivity index (χ0) is 12.4. The summed E-state index contributed by atoms with van der Waals surface area (Å²) in [5, 5.41) is 9.53. The Balaban J connectivity index is 2.30. The second-order valence-corrected chi connectivity index (χ2v) is 5.67. The van der Waals surface area contributed by atoms with Crippen LogP contribution in [0.25, 0.3) is 0 Å². The van der Waals surface area contributed by atoms with Crippen molar-refractivity contribution in [3.63, 3.8) is 0 Å². The van der Waals surface area contributed by atoms with Crippen molar-refractivity contribution in [1.29, 1.82) is 0 Å². The van der Waals surface area contributed by atoms with E-state index in [9.17, 15) is 0 Å². The molecule has 0 aliphatic heterocycles. The molecule has 0 bridgehead atoms. The van der Waals surface area contributed by atoms with Crippen molar-refractivity contribution < 1.29 is 0 Å². The molecule has 7 heteroatoms. The predicted molar refractivity (Wildman–Crippen MR) is 68.9 cm³/mol. The highest BCUT2D eigenvalue weighted by molar-refractivity contribution is 9.10. The van der Waals surface area contributed by atoms with Crippen molar-refractivity contribution in [3.8, 4) is 0 Å². The molecule has 5 nitrogen and oxygen atoms in total. The summed E-state index contributed by atoms with van der Waals surface area (Å²) in [6.07, 6.45) is 1.67. The van der Waals surface area contributed by atoms with E-state index in [1.807, 2.05) is 17.7 Å². The zero-order valence-corrected chi connectivity index (χ0v) is 12.2. The van der Waals surface area contributed by atoms with Crippen molar-refractivity contribution >= 4 is 27.7 Å². The Hall–Kier alpha value is -0.950. The first kappa shape index (κ1) is 12.5. The molecule has 2 rings (SSSR count). The predicted octanol–water partition coefficient (Wildman–Crippen LogP) is 2.64. The molecule has 0 aliphatic rings. The smallest absolute Gasteiger partial charge is 0.197 e. The third-order valence-electron chi connectivity index (χ3n) is 2.07. The van der Waals surface area contributed by atoms with Gasteiger partial charge in [-0.1, -0.05) is 13.8 Å². The van der Waals surface area contributed by atoms with E-state index in [0.29, 0.717) is 5.92 Å². The average molecular weight is 314 g/mol. The first-order chi connectivity index (χ1) is 8.06. The summed E-state index contributed by atoms with van der Waals surface area (Å²) in [7, 11) is 1.90. The number of hydrogen-bond acceptors (Lipinski definition) is 5. The zero-order valence-electron chi connectivity index (χ0n) is 9.75. The van der Waals surface area contributed by atoms with Crippen LogP contribution in [0, 0.1) is 0 Å². The molecular weight excluding hydrogens is 302 g/mol. The minimum atomic E-state index is 0.298. The molecule has 0 aromatic carbocycles. The van der Waals surface area contributed by atoms with Crippen LogP contribution < -0.4 is 0 Å². The molecule has 0 amide bonds. The second-order valence-electron chi connectivity index (χ2n) is 3.87. The van der Waals surface area contributed by atoms with Gasteiger partial charge in [0.1, 0.15) is 21.8 Å². The molecule has 2 aromatic heterocycles. The van der Waals surface area contributed by atoms with Gasteiger partial charge in [-0.2, -0.15) is 0 Å². The molecule has 0 radical (unpaired) electrons. The summed E-state index contributed by atoms with van der Waals surface area (Å²) in [6.45, 7) is 4.14. The number of aromatic nitrogens is 5. The number of rotatable bonds is 3. The van der Waals surface area contributed by atoms with Crippen LogP contribution in [0.5, 0.6) is 0 Å². The topological polar surface area (TPSA) is 56.5 Å². The first-order valence-electron chi connectivity index (χ1n) is 5.12. The monoisotopic (exact) mass is 313 g/mol. The van der Waals surface area contributed by atoms with Crippen molar-refractivity contribution in [2.24, 2.45) is 7.05 Å². The molecule has 0 saturated heterocycles. The van der Waals surface area contributed by atoms with E-state index >= 15 is 0 Å². The van der Waals surface area contributed by atoms with E-state index in [2.05, 4.69) is 49.9 Å². The fourth-order valence-corrected chi connectivity index (χ4v) is 2.51. The van der Waals surface area contributed by atoms with Crippen LogP contribution in [0.4, 0.5) is 0 Å². The lowest BCUT2D eigenvalue weighted by Gasteiger charge is -2.06. The quantitative estimate of drug-likeness (QED) is 0.815. The van der Waals surface area contributed by atoms with Gasteiger partial charge in [-0.05, 0) is 27.7 Å². The summed E-state index contributed by atoms with van der Waals surface area (Å²) in [4.78, 5) is 8.82. The number of halogens is 1.